The molecular formula is C12H19N3O3S. The van der Waals surface area contributed by atoms with Crippen molar-refractivity contribution in [3.63, 3.8) is 0 Å². The van der Waals surface area contributed by atoms with Gasteiger partial charge in [-0.1, -0.05) is 6.42 Å². The molecule has 0 fully saturated rings. The number of thiazole rings is 1. The number of carbonyl (C=O) groups excluding carboxylic acids is 2. The molecule has 6 nitrogen and oxygen atoms in total. The largest absolute Gasteiger partial charge is 0.469 e. The minimum Gasteiger partial charge on any atom is -0.469 e. The zero-order valence-electron chi connectivity index (χ0n) is 11.0. The highest BCUT2D eigenvalue weighted by Crippen LogP contribution is 2.08. The third kappa shape index (κ3) is 5.80. The Kier molecular flexibility index (Phi) is 7.06. The van der Waals surface area contributed by atoms with E-state index in [0.717, 1.165) is 24.3 Å². The van der Waals surface area contributed by atoms with E-state index in [1.165, 1.54) is 18.4 Å². The van der Waals surface area contributed by atoms with Gasteiger partial charge in [-0.25, -0.2) is 4.98 Å². The number of amides is 1. The van der Waals surface area contributed by atoms with Gasteiger partial charge in [0, 0.05) is 24.9 Å². The zero-order valence-corrected chi connectivity index (χ0v) is 11.8. The third-order valence-corrected chi connectivity index (χ3v) is 3.40. The van der Waals surface area contributed by atoms with Crippen LogP contribution in [-0.4, -0.2) is 30.5 Å². The van der Waals surface area contributed by atoms with E-state index in [1.807, 2.05) is 0 Å². The molecule has 0 aliphatic heterocycles. The molecule has 0 saturated carbocycles. The van der Waals surface area contributed by atoms with Crippen LogP contribution in [0.4, 0.5) is 0 Å². The molecule has 19 heavy (non-hydrogen) atoms. The Labute approximate surface area is 116 Å². The van der Waals surface area contributed by atoms with Gasteiger partial charge in [0.25, 0.3) is 5.91 Å². The standard InChI is InChI=1S/C12H19N3O3S/c1-18-11(16)5-3-2-4-6-14-12(17)9-8-19-10(7-13)15-9/h8H,2-7,13H2,1H3,(H,14,17). The Hall–Kier alpha value is -1.47. The molecule has 7 heteroatoms. The molecule has 0 aliphatic carbocycles. The van der Waals surface area contributed by atoms with Crippen LogP contribution in [-0.2, 0) is 16.1 Å². The van der Waals surface area contributed by atoms with E-state index >= 15 is 0 Å². The molecule has 106 valence electrons. The van der Waals surface area contributed by atoms with E-state index in [4.69, 9.17) is 5.73 Å². The van der Waals surface area contributed by atoms with Crippen LogP contribution in [0.5, 0.6) is 0 Å². The van der Waals surface area contributed by atoms with E-state index in [1.54, 1.807) is 5.38 Å². The van der Waals surface area contributed by atoms with Crippen molar-refractivity contribution >= 4 is 23.2 Å². The fraction of sp³-hybridized carbons (Fsp3) is 0.583. The number of nitrogens with two attached hydrogens (primary N) is 1. The first kappa shape index (κ1) is 15.6. The number of nitrogens with one attached hydrogen (secondary N) is 1. The van der Waals surface area contributed by atoms with E-state index in [2.05, 4.69) is 15.0 Å². The van der Waals surface area contributed by atoms with Gasteiger partial charge in [-0.15, -0.1) is 11.3 Å². The first-order valence-electron chi connectivity index (χ1n) is 6.17. The summed E-state index contributed by atoms with van der Waals surface area (Å²) in [5.41, 5.74) is 5.85. The Morgan fingerprint density at radius 2 is 2.21 bits per heavy atom. The zero-order chi connectivity index (χ0) is 14.1. The average Bonchev–Trinajstić information content (AvgIpc) is 2.91. The van der Waals surface area contributed by atoms with Crippen molar-refractivity contribution in [3.05, 3.63) is 16.1 Å². The van der Waals surface area contributed by atoms with Crippen LogP contribution in [0.2, 0.25) is 0 Å². The summed E-state index contributed by atoms with van der Waals surface area (Å²) >= 11 is 1.38. The van der Waals surface area contributed by atoms with Gasteiger partial charge in [-0.2, -0.15) is 0 Å². The van der Waals surface area contributed by atoms with Crippen molar-refractivity contribution < 1.29 is 14.3 Å². The van der Waals surface area contributed by atoms with Gasteiger partial charge in [0.15, 0.2) is 0 Å². The summed E-state index contributed by atoms with van der Waals surface area (Å²) in [5, 5.41) is 5.24. The van der Waals surface area contributed by atoms with E-state index < -0.39 is 0 Å². The van der Waals surface area contributed by atoms with Gasteiger partial charge < -0.3 is 15.8 Å². The average molecular weight is 285 g/mol. The second-order valence-electron chi connectivity index (χ2n) is 3.97. The van der Waals surface area contributed by atoms with Crippen LogP contribution in [0.1, 0.15) is 41.2 Å². The number of nitrogens with zero attached hydrogens (tertiary/aromatic N) is 1. The van der Waals surface area contributed by atoms with Crippen molar-refractivity contribution in [1.29, 1.82) is 0 Å². The van der Waals surface area contributed by atoms with E-state index in [9.17, 15) is 9.59 Å². The molecule has 0 bridgehead atoms. The summed E-state index contributed by atoms with van der Waals surface area (Å²) in [5.74, 6) is -0.371. The number of hydrogen-bond donors (Lipinski definition) is 2. The minimum absolute atomic E-state index is 0.177. The third-order valence-electron chi connectivity index (χ3n) is 2.53. The summed E-state index contributed by atoms with van der Waals surface area (Å²) in [7, 11) is 1.38. The number of esters is 1. The molecule has 0 spiro atoms. The van der Waals surface area contributed by atoms with Crippen LogP contribution in [0.25, 0.3) is 0 Å². The number of rotatable bonds is 8. The Balaban J connectivity index is 2.12. The quantitative estimate of drug-likeness (QED) is 0.550. The number of aromatic nitrogens is 1. The van der Waals surface area contributed by atoms with Crippen LogP contribution in [0, 0.1) is 0 Å². The van der Waals surface area contributed by atoms with Crippen LogP contribution in [0.3, 0.4) is 0 Å². The predicted molar refractivity (Wildman–Crippen MR) is 72.8 cm³/mol. The van der Waals surface area contributed by atoms with Crippen LogP contribution >= 0.6 is 11.3 Å². The lowest BCUT2D eigenvalue weighted by Gasteiger charge is -2.03. The van der Waals surface area contributed by atoms with Crippen molar-refractivity contribution in [2.45, 2.75) is 32.2 Å². The maximum absolute atomic E-state index is 11.7. The highest BCUT2D eigenvalue weighted by atomic mass is 32.1. The number of carbonyl (C=O) groups is 2. The molecule has 1 aromatic rings. The molecule has 0 atom stereocenters. The second kappa shape index (κ2) is 8.60. The molecule has 1 heterocycles. The molecule has 0 aromatic carbocycles. The van der Waals surface area contributed by atoms with Gasteiger partial charge in [0.05, 0.1) is 7.11 Å². The van der Waals surface area contributed by atoms with Gasteiger partial charge in [-0.3, -0.25) is 9.59 Å². The highest BCUT2D eigenvalue weighted by Gasteiger charge is 2.09. The Morgan fingerprint density at radius 1 is 1.42 bits per heavy atom. The summed E-state index contributed by atoms with van der Waals surface area (Å²) in [6.07, 6.45) is 2.91. The maximum atomic E-state index is 11.7. The van der Waals surface area contributed by atoms with Crippen molar-refractivity contribution in [1.82, 2.24) is 10.3 Å². The van der Waals surface area contributed by atoms with Gasteiger partial charge in [-0.05, 0) is 12.8 Å². The molecule has 0 radical (unpaired) electrons. The Morgan fingerprint density at radius 3 is 2.84 bits per heavy atom. The summed E-state index contributed by atoms with van der Waals surface area (Å²) in [6.45, 7) is 0.932. The lowest BCUT2D eigenvalue weighted by atomic mass is 10.2. The lowest BCUT2D eigenvalue weighted by Crippen LogP contribution is -2.24. The van der Waals surface area contributed by atoms with Gasteiger partial charge in [0.1, 0.15) is 10.7 Å². The first-order valence-corrected chi connectivity index (χ1v) is 7.04. The summed E-state index contributed by atoms with van der Waals surface area (Å²) in [6, 6.07) is 0. The SMILES string of the molecule is COC(=O)CCCCCNC(=O)c1csc(CN)n1. The van der Waals surface area contributed by atoms with Crippen LogP contribution < -0.4 is 11.1 Å². The van der Waals surface area contributed by atoms with Gasteiger partial charge >= 0.3 is 5.97 Å². The molecule has 3 N–H and O–H groups in total. The van der Waals surface area contributed by atoms with Crippen LogP contribution in [0.15, 0.2) is 5.38 Å². The molecular weight excluding hydrogens is 266 g/mol. The van der Waals surface area contributed by atoms with Crippen molar-refractivity contribution in [3.8, 4) is 0 Å². The highest BCUT2D eigenvalue weighted by molar-refractivity contribution is 7.09. The number of unbranched alkanes of at least 4 members (excludes halogenated alkanes) is 2. The summed E-state index contributed by atoms with van der Waals surface area (Å²) in [4.78, 5) is 26.6. The fourth-order valence-electron chi connectivity index (χ4n) is 1.47. The summed E-state index contributed by atoms with van der Waals surface area (Å²) < 4.78 is 4.54. The van der Waals surface area contributed by atoms with Crippen molar-refractivity contribution in [2.24, 2.45) is 5.73 Å². The molecule has 1 aromatic heterocycles. The molecule has 0 unspecified atom stereocenters. The van der Waals surface area contributed by atoms with E-state index in [0.29, 0.717) is 25.2 Å². The predicted octanol–water partition coefficient (Wildman–Crippen LogP) is 1.06. The maximum Gasteiger partial charge on any atom is 0.305 e. The normalized spacial score (nSPS) is 10.2. The molecule has 0 aliphatic rings. The molecule has 1 amide bonds. The second-order valence-corrected chi connectivity index (χ2v) is 4.92. The Bertz CT molecular complexity index is 420. The number of ether oxygens (including phenoxy) is 1. The topological polar surface area (TPSA) is 94.3 Å². The minimum atomic E-state index is -0.194. The van der Waals surface area contributed by atoms with Gasteiger partial charge in [0.2, 0.25) is 0 Å². The number of hydrogen-bond acceptors (Lipinski definition) is 6. The number of methoxy groups -OCH3 is 1. The smallest absolute Gasteiger partial charge is 0.305 e. The lowest BCUT2D eigenvalue weighted by molar-refractivity contribution is -0.140. The monoisotopic (exact) mass is 285 g/mol. The molecule has 1 rings (SSSR count). The van der Waals surface area contributed by atoms with E-state index in [-0.39, 0.29) is 11.9 Å². The first-order chi connectivity index (χ1) is 9.17. The fourth-order valence-corrected chi connectivity index (χ4v) is 2.13. The van der Waals surface area contributed by atoms with Crippen molar-refractivity contribution in [2.75, 3.05) is 13.7 Å². The molecule has 0 saturated heterocycles.